The maximum Gasteiger partial charge on any atom is 0.248 e. The smallest absolute Gasteiger partial charge is 0.248 e. The van der Waals surface area contributed by atoms with E-state index in [-0.39, 0.29) is 17.4 Å². The summed E-state index contributed by atoms with van der Waals surface area (Å²) in [5.74, 6) is 0.581. The van der Waals surface area contributed by atoms with E-state index in [4.69, 9.17) is 4.74 Å². The van der Waals surface area contributed by atoms with E-state index in [0.29, 0.717) is 12.3 Å². The largest absolute Gasteiger partial charge is 0.478 e. The van der Waals surface area contributed by atoms with Crippen molar-refractivity contribution in [1.29, 1.82) is 0 Å². The van der Waals surface area contributed by atoms with Gasteiger partial charge in [0.05, 0.1) is 6.10 Å². The SMILES string of the molecule is CCC1(C)CCC(=O)N=C1OC(C)C. The maximum absolute atomic E-state index is 11.2. The third-order valence-electron chi connectivity index (χ3n) is 2.76. The minimum absolute atomic E-state index is 0.0435. The van der Waals surface area contributed by atoms with Crippen LogP contribution >= 0.6 is 0 Å². The van der Waals surface area contributed by atoms with Gasteiger partial charge < -0.3 is 4.74 Å². The monoisotopic (exact) mass is 197 g/mol. The van der Waals surface area contributed by atoms with Gasteiger partial charge in [-0.15, -0.1) is 0 Å². The van der Waals surface area contributed by atoms with Crippen molar-refractivity contribution in [2.24, 2.45) is 10.4 Å². The number of aliphatic imine (C=N–C) groups is 1. The molecular weight excluding hydrogens is 178 g/mol. The fourth-order valence-electron chi connectivity index (χ4n) is 1.51. The Balaban J connectivity index is 2.87. The van der Waals surface area contributed by atoms with E-state index in [0.717, 1.165) is 12.8 Å². The van der Waals surface area contributed by atoms with Crippen LogP contribution in [-0.2, 0) is 9.53 Å². The summed E-state index contributed by atoms with van der Waals surface area (Å²) >= 11 is 0. The van der Waals surface area contributed by atoms with Crippen molar-refractivity contribution in [3.8, 4) is 0 Å². The highest BCUT2D eigenvalue weighted by Crippen LogP contribution is 2.33. The Hall–Kier alpha value is -0.860. The van der Waals surface area contributed by atoms with Crippen LogP contribution in [0.5, 0.6) is 0 Å². The molecule has 3 nitrogen and oxygen atoms in total. The van der Waals surface area contributed by atoms with Crippen LogP contribution in [-0.4, -0.2) is 17.9 Å². The molecular formula is C11H19NO2. The summed E-state index contributed by atoms with van der Waals surface area (Å²) in [4.78, 5) is 15.2. The molecule has 1 amide bonds. The van der Waals surface area contributed by atoms with E-state index in [2.05, 4.69) is 18.8 Å². The van der Waals surface area contributed by atoms with Crippen molar-refractivity contribution in [2.45, 2.75) is 53.1 Å². The Labute approximate surface area is 85.6 Å². The second-order valence-electron chi connectivity index (χ2n) is 4.39. The maximum atomic E-state index is 11.2. The molecule has 1 rings (SSSR count). The molecule has 1 atom stereocenters. The number of hydrogen-bond acceptors (Lipinski definition) is 2. The zero-order valence-corrected chi connectivity index (χ0v) is 9.46. The van der Waals surface area contributed by atoms with Crippen molar-refractivity contribution in [3.63, 3.8) is 0 Å². The molecule has 0 fully saturated rings. The third-order valence-corrected chi connectivity index (χ3v) is 2.76. The molecule has 0 spiro atoms. The average molecular weight is 197 g/mol. The third kappa shape index (κ3) is 2.34. The molecule has 0 aliphatic carbocycles. The highest BCUT2D eigenvalue weighted by molar-refractivity contribution is 5.96. The van der Waals surface area contributed by atoms with Crippen LogP contribution < -0.4 is 0 Å². The van der Waals surface area contributed by atoms with Crippen LogP contribution in [0.25, 0.3) is 0 Å². The number of nitrogens with zero attached hydrogens (tertiary/aromatic N) is 1. The van der Waals surface area contributed by atoms with E-state index in [1.807, 2.05) is 13.8 Å². The van der Waals surface area contributed by atoms with Crippen LogP contribution in [0.1, 0.15) is 47.0 Å². The molecule has 80 valence electrons. The number of carbonyl (C=O) groups excluding carboxylic acids is 1. The Morgan fingerprint density at radius 3 is 2.71 bits per heavy atom. The highest BCUT2D eigenvalue weighted by Gasteiger charge is 2.35. The summed E-state index contributed by atoms with van der Waals surface area (Å²) < 4.78 is 5.60. The quantitative estimate of drug-likeness (QED) is 0.682. The van der Waals surface area contributed by atoms with Gasteiger partial charge in [0.25, 0.3) is 0 Å². The predicted molar refractivity (Wildman–Crippen MR) is 56.3 cm³/mol. The number of hydrogen-bond donors (Lipinski definition) is 0. The number of amides is 1. The van der Waals surface area contributed by atoms with Crippen LogP contribution in [0.15, 0.2) is 4.99 Å². The molecule has 0 saturated carbocycles. The van der Waals surface area contributed by atoms with Gasteiger partial charge in [0.15, 0.2) is 5.90 Å². The first-order valence-electron chi connectivity index (χ1n) is 5.26. The summed E-state index contributed by atoms with van der Waals surface area (Å²) in [5.41, 5.74) is -0.0435. The van der Waals surface area contributed by atoms with Gasteiger partial charge in [-0.1, -0.05) is 13.8 Å². The van der Waals surface area contributed by atoms with Crippen LogP contribution in [0.4, 0.5) is 0 Å². The van der Waals surface area contributed by atoms with E-state index in [9.17, 15) is 4.79 Å². The molecule has 0 aromatic heterocycles. The summed E-state index contributed by atoms with van der Waals surface area (Å²) in [6.07, 6.45) is 2.46. The summed E-state index contributed by atoms with van der Waals surface area (Å²) in [6, 6.07) is 0. The Bertz CT molecular complexity index is 258. The van der Waals surface area contributed by atoms with E-state index in [1.165, 1.54) is 0 Å². The van der Waals surface area contributed by atoms with Gasteiger partial charge in [0.2, 0.25) is 5.91 Å². The van der Waals surface area contributed by atoms with Gasteiger partial charge >= 0.3 is 0 Å². The Morgan fingerprint density at radius 1 is 1.57 bits per heavy atom. The fourth-order valence-corrected chi connectivity index (χ4v) is 1.51. The normalized spacial score (nSPS) is 27.8. The van der Waals surface area contributed by atoms with E-state index < -0.39 is 0 Å². The molecule has 1 aliphatic heterocycles. The first kappa shape index (κ1) is 11.2. The minimum Gasteiger partial charge on any atom is -0.478 e. The predicted octanol–water partition coefficient (Wildman–Crippen LogP) is 2.55. The van der Waals surface area contributed by atoms with Gasteiger partial charge in [-0.2, -0.15) is 4.99 Å². The lowest BCUT2D eigenvalue weighted by Crippen LogP contribution is -2.35. The Morgan fingerprint density at radius 2 is 2.21 bits per heavy atom. The lowest BCUT2D eigenvalue weighted by atomic mass is 9.80. The van der Waals surface area contributed by atoms with Gasteiger partial charge in [0.1, 0.15) is 0 Å². The molecule has 1 aliphatic rings. The minimum atomic E-state index is -0.0495. The second kappa shape index (κ2) is 4.11. The van der Waals surface area contributed by atoms with Gasteiger partial charge in [-0.3, -0.25) is 4.79 Å². The molecule has 0 bridgehead atoms. The molecule has 0 N–H and O–H groups in total. The van der Waals surface area contributed by atoms with Crippen LogP contribution in [0.3, 0.4) is 0 Å². The molecule has 14 heavy (non-hydrogen) atoms. The standard InChI is InChI=1S/C11H19NO2/c1-5-11(4)7-6-9(13)12-10(11)14-8(2)3/h8H,5-7H2,1-4H3. The van der Waals surface area contributed by atoms with Crippen molar-refractivity contribution >= 4 is 11.8 Å². The highest BCUT2D eigenvalue weighted by atomic mass is 16.5. The molecule has 0 aromatic carbocycles. The van der Waals surface area contributed by atoms with Crippen LogP contribution in [0, 0.1) is 5.41 Å². The van der Waals surface area contributed by atoms with Crippen LogP contribution in [0.2, 0.25) is 0 Å². The average Bonchev–Trinajstić information content (AvgIpc) is 2.11. The Kier molecular flexibility index (Phi) is 3.29. The summed E-state index contributed by atoms with van der Waals surface area (Å²) in [6.45, 7) is 8.13. The lowest BCUT2D eigenvalue weighted by molar-refractivity contribution is -0.119. The molecule has 0 saturated heterocycles. The number of carbonyl (C=O) groups is 1. The van der Waals surface area contributed by atoms with Crippen molar-refractivity contribution < 1.29 is 9.53 Å². The second-order valence-corrected chi connectivity index (χ2v) is 4.39. The lowest BCUT2D eigenvalue weighted by Gasteiger charge is -2.32. The van der Waals surface area contributed by atoms with Gasteiger partial charge in [-0.05, 0) is 26.7 Å². The molecule has 0 aromatic rings. The number of ether oxygens (including phenoxy) is 1. The first-order valence-corrected chi connectivity index (χ1v) is 5.26. The van der Waals surface area contributed by atoms with Gasteiger partial charge in [0, 0.05) is 11.8 Å². The van der Waals surface area contributed by atoms with E-state index >= 15 is 0 Å². The van der Waals surface area contributed by atoms with Crippen molar-refractivity contribution in [3.05, 3.63) is 0 Å². The molecule has 1 unspecified atom stereocenters. The van der Waals surface area contributed by atoms with E-state index in [1.54, 1.807) is 0 Å². The van der Waals surface area contributed by atoms with Gasteiger partial charge in [-0.25, -0.2) is 0 Å². The summed E-state index contributed by atoms with van der Waals surface area (Å²) in [7, 11) is 0. The fraction of sp³-hybridized carbons (Fsp3) is 0.818. The number of rotatable bonds is 2. The molecule has 0 radical (unpaired) electrons. The molecule has 1 heterocycles. The molecule has 3 heteroatoms. The van der Waals surface area contributed by atoms with Crippen molar-refractivity contribution in [1.82, 2.24) is 0 Å². The summed E-state index contributed by atoms with van der Waals surface area (Å²) in [5, 5.41) is 0. The topological polar surface area (TPSA) is 38.7 Å². The van der Waals surface area contributed by atoms with Crippen molar-refractivity contribution in [2.75, 3.05) is 0 Å². The first-order chi connectivity index (χ1) is 6.48. The zero-order valence-electron chi connectivity index (χ0n) is 9.46. The zero-order chi connectivity index (χ0) is 10.8.